The number of halogens is 2. The van der Waals surface area contributed by atoms with Crippen molar-refractivity contribution < 1.29 is 4.79 Å². The summed E-state index contributed by atoms with van der Waals surface area (Å²) in [4.78, 5) is 10.5. The molecule has 1 aliphatic heterocycles. The van der Waals surface area contributed by atoms with E-state index in [2.05, 4.69) is 0 Å². The maximum Gasteiger partial charge on any atom is 0.145 e. The number of hydrogen-bond donors (Lipinski definition) is 0. The van der Waals surface area contributed by atoms with E-state index in [1.165, 1.54) is 0 Å². The Morgan fingerprint density at radius 2 is 1.82 bits per heavy atom. The van der Waals surface area contributed by atoms with Gasteiger partial charge >= 0.3 is 0 Å². The zero-order valence-electron chi connectivity index (χ0n) is 5.85. The second-order valence-electron chi connectivity index (χ2n) is 1.68. The summed E-state index contributed by atoms with van der Waals surface area (Å²) in [6, 6.07) is 0. The summed E-state index contributed by atoms with van der Waals surface area (Å²) in [6.45, 7) is 2.13. The van der Waals surface area contributed by atoms with E-state index in [1.54, 1.807) is 30.8 Å². The van der Waals surface area contributed by atoms with Gasteiger partial charge in [0.25, 0.3) is 0 Å². The Hall–Kier alpha value is 1.03. The number of nitrogens with zero attached hydrogens (tertiary/aromatic N) is 1. The maximum atomic E-state index is 10.5. The van der Waals surface area contributed by atoms with E-state index in [-0.39, 0.29) is 39.7 Å². The second kappa shape index (κ2) is 7.67. The lowest BCUT2D eigenvalue weighted by Gasteiger charge is -2.07. The Morgan fingerprint density at radius 1 is 1.36 bits per heavy atom. The number of Topliss-reactive ketones (excluding diaryl/α,β-unsaturated/α-hetero) is 1. The van der Waals surface area contributed by atoms with Gasteiger partial charge in [0, 0.05) is 0 Å². The molecule has 0 amide bonds. The van der Waals surface area contributed by atoms with Crippen LogP contribution in [-0.4, -0.2) is 16.0 Å². The molecule has 0 radical (unpaired) electrons. The normalized spacial score (nSPS) is 15.4. The van der Waals surface area contributed by atoms with Crippen LogP contribution in [0.25, 0.3) is 0 Å². The highest BCUT2D eigenvalue weighted by atomic mass is 79.9. The van der Waals surface area contributed by atoms with Gasteiger partial charge in [-0.05, 0) is 41.6 Å². The van der Waals surface area contributed by atoms with Crippen molar-refractivity contribution in [3.05, 3.63) is 10.8 Å². The van der Waals surface area contributed by atoms with Crippen LogP contribution in [0.2, 0.25) is 0 Å². The highest BCUT2D eigenvalue weighted by molar-refractivity contribution is 8.93. The molecule has 11 heavy (non-hydrogen) atoms. The van der Waals surface area contributed by atoms with Crippen molar-refractivity contribution in [3.8, 4) is 0 Å². The Morgan fingerprint density at radius 3 is 2.18 bits per heavy atom. The quantitative estimate of drug-likeness (QED) is 0.728. The maximum absolute atomic E-state index is 10.5. The number of carbonyl (C=O) groups is 1. The van der Waals surface area contributed by atoms with Gasteiger partial charge in [-0.1, -0.05) is 0 Å². The summed E-state index contributed by atoms with van der Waals surface area (Å²) < 4.78 is 1.93. The van der Waals surface area contributed by atoms with E-state index in [4.69, 9.17) is 0 Å². The van der Waals surface area contributed by atoms with Gasteiger partial charge in [-0.25, -0.2) is 0 Å². The first-order valence-corrected chi connectivity index (χ1v) is 4.22. The molecule has 0 aliphatic carbocycles. The fourth-order valence-corrected chi connectivity index (χ4v) is 2.15. The summed E-state index contributed by atoms with van der Waals surface area (Å²) >= 11 is 3.13. The Labute approximate surface area is 96.0 Å². The van der Waals surface area contributed by atoms with Gasteiger partial charge in [-0.3, -0.25) is 4.79 Å². The highest BCUT2D eigenvalue weighted by Crippen LogP contribution is 2.30. The molecule has 66 valence electrons. The lowest BCUT2D eigenvalue weighted by Crippen LogP contribution is -2.11. The lowest BCUT2D eigenvalue weighted by molar-refractivity contribution is -0.116. The molecular formula is C5H9Br2NOS2. The Balaban J connectivity index is 0. The van der Waals surface area contributed by atoms with Gasteiger partial charge < -0.3 is 0 Å². The van der Waals surface area contributed by atoms with E-state index < -0.39 is 0 Å². The van der Waals surface area contributed by atoms with Crippen molar-refractivity contribution in [1.29, 1.82) is 0 Å². The summed E-state index contributed by atoms with van der Waals surface area (Å²) in [6.07, 6.45) is 0. The van der Waals surface area contributed by atoms with E-state index >= 15 is 0 Å². The van der Waals surface area contributed by atoms with E-state index in [0.717, 1.165) is 0 Å². The molecule has 6 heteroatoms. The third kappa shape index (κ3) is 6.21. The van der Waals surface area contributed by atoms with Gasteiger partial charge in [0.15, 0.2) is 0 Å². The summed E-state index contributed by atoms with van der Waals surface area (Å²) in [7, 11) is 0. The predicted octanol–water partition coefficient (Wildman–Crippen LogP) is 2.81. The molecule has 1 aliphatic rings. The molecule has 0 bridgehead atoms. The van der Waals surface area contributed by atoms with Crippen LogP contribution in [0.3, 0.4) is 0 Å². The van der Waals surface area contributed by atoms with Crippen LogP contribution < -0.4 is 0 Å². The van der Waals surface area contributed by atoms with Crippen molar-refractivity contribution in [3.63, 3.8) is 0 Å². The van der Waals surface area contributed by atoms with Crippen molar-refractivity contribution in [1.82, 2.24) is 3.71 Å². The molecule has 0 atom stereocenters. The van der Waals surface area contributed by atoms with Crippen LogP contribution in [0.15, 0.2) is 10.8 Å². The van der Waals surface area contributed by atoms with Crippen LogP contribution in [0.5, 0.6) is 0 Å². The third-order valence-corrected chi connectivity index (χ3v) is 2.70. The Bertz CT molecular complexity index is 145. The highest BCUT2D eigenvalue weighted by Gasteiger charge is 2.09. The minimum atomic E-state index is 0. The lowest BCUT2D eigenvalue weighted by atomic mass is 10.5. The van der Waals surface area contributed by atoms with Crippen molar-refractivity contribution in [2.75, 3.05) is 6.54 Å². The molecule has 0 spiro atoms. The molecule has 0 aromatic rings. The average Bonchev–Trinajstić information content (AvgIpc) is 2.15. The molecule has 0 N–H and O–H groups in total. The van der Waals surface area contributed by atoms with Crippen LogP contribution in [0.1, 0.15) is 6.92 Å². The van der Waals surface area contributed by atoms with Gasteiger partial charge in [-0.2, -0.15) is 3.71 Å². The average molecular weight is 323 g/mol. The Kier molecular flexibility index (Phi) is 10.1. The van der Waals surface area contributed by atoms with Crippen LogP contribution in [0, 0.1) is 0 Å². The molecule has 0 saturated carbocycles. The first-order valence-electron chi connectivity index (χ1n) is 2.54. The number of ketones is 1. The standard InChI is InChI=1S/C5H7NOS2.2BrH/c1-5(7)4-6-8-2-3-9-6;;/h2-3H,4H2,1H3;2*1H. The second-order valence-corrected chi connectivity index (χ2v) is 3.75. The molecule has 1 heterocycles. The first-order chi connectivity index (χ1) is 4.29. The van der Waals surface area contributed by atoms with Crippen molar-refractivity contribution >= 4 is 63.6 Å². The summed E-state index contributed by atoms with van der Waals surface area (Å²) in [5.41, 5.74) is 0. The van der Waals surface area contributed by atoms with Gasteiger partial charge in [-0.15, -0.1) is 34.0 Å². The zero-order valence-corrected chi connectivity index (χ0v) is 10.9. The molecule has 0 aromatic heterocycles. The van der Waals surface area contributed by atoms with Gasteiger partial charge in [0.05, 0.1) is 6.54 Å². The predicted molar refractivity (Wildman–Crippen MR) is 62.4 cm³/mol. The number of hydrogen-bond acceptors (Lipinski definition) is 4. The molecule has 0 aromatic carbocycles. The summed E-state index contributed by atoms with van der Waals surface area (Å²) in [5.74, 6) is 0.207. The fourth-order valence-electron chi connectivity index (χ4n) is 0.467. The van der Waals surface area contributed by atoms with E-state index in [9.17, 15) is 4.79 Å². The summed E-state index contributed by atoms with van der Waals surface area (Å²) in [5, 5.41) is 3.93. The largest absolute Gasteiger partial charge is 0.298 e. The van der Waals surface area contributed by atoms with Gasteiger partial charge in [0.2, 0.25) is 0 Å². The SMILES string of the molecule is Br.Br.CC(=O)CN1SC=CS1. The van der Waals surface area contributed by atoms with E-state index in [1.807, 2.05) is 14.5 Å². The minimum Gasteiger partial charge on any atom is -0.298 e. The third-order valence-electron chi connectivity index (χ3n) is 0.764. The van der Waals surface area contributed by atoms with E-state index in [0.29, 0.717) is 6.54 Å². The molecule has 0 saturated heterocycles. The molecule has 2 nitrogen and oxygen atoms in total. The number of rotatable bonds is 2. The molecule has 0 fully saturated rings. The van der Waals surface area contributed by atoms with Crippen LogP contribution in [0.4, 0.5) is 0 Å². The minimum absolute atomic E-state index is 0. The molecule has 0 unspecified atom stereocenters. The smallest absolute Gasteiger partial charge is 0.145 e. The number of carbonyl (C=O) groups excluding carboxylic acids is 1. The molecule has 1 rings (SSSR count). The van der Waals surface area contributed by atoms with Crippen LogP contribution in [-0.2, 0) is 4.79 Å². The monoisotopic (exact) mass is 321 g/mol. The van der Waals surface area contributed by atoms with Crippen LogP contribution >= 0.6 is 57.9 Å². The van der Waals surface area contributed by atoms with Crippen molar-refractivity contribution in [2.45, 2.75) is 6.92 Å². The fraction of sp³-hybridized carbons (Fsp3) is 0.400. The van der Waals surface area contributed by atoms with Gasteiger partial charge in [0.1, 0.15) is 5.78 Å². The first kappa shape index (κ1) is 14.5. The van der Waals surface area contributed by atoms with Crippen molar-refractivity contribution in [2.24, 2.45) is 0 Å². The molecular weight excluding hydrogens is 314 g/mol. The topological polar surface area (TPSA) is 20.3 Å². The zero-order chi connectivity index (χ0) is 6.69.